The molecular formula is C22H24N2OS3. The summed E-state index contributed by atoms with van der Waals surface area (Å²) in [6.07, 6.45) is 0.847. The van der Waals surface area contributed by atoms with Gasteiger partial charge in [0.1, 0.15) is 9.57 Å². The topological polar surface area (TPSA) is 26.7 Å². The number of rotatable bonds is 5. The number of benzene rings is 2. The van der Waals surface area contributed by atoms with Gasteiger partial charge in [-0.3, -0.25) is 4.90 Å². The van der Waals surface area contributed by atoms with Crippen molar-refractivity contribution in [2.24, 2.45) is 0 Å². The fourth-order valence-electron chi connectivity index (χ4n) is 3.66. The van der Waals surface area contributed by atoms with Crippen LogP contribution in [-0.2, 0) is 13.0 Å². The molecule has 1 N–H and O–H groups in total. The van der Waals surface area contributed by atoms with Crippen LogP contribution in [0.25, 0.3) is 0 Å². The SMILES string of the molecule is Cc1ssc(=S)c1Cc1ccc(O)c(CN2CCN(c3ccccc3)CC2)c1. The fourth-order valence-corrected chi connectivity index (χ4v) is 6.33. The van der Waals surface area contributed by atoms with Crippen LogP contribution in [0.4, 0.5) is 5.69 Å². The molecule has 1 saturated heterocycles. The van der Waals surface area contributed by atoms with Crippen molar-refractivity contribution in [3.05, 3.63) is 73.9 Å². The van der Waals surface area contributed by atoms with Gasteiger partial charge in [-0.25, -0.2) is 0 Å². The summed E-state index contributed by atoms with van der Waals surface area (Å²) in [7, 11) is 3.44. The maximum absolute atomic E-state index is 10.4. The summed E-state index contributed by atoms with van der Waals surface area (Å²) < 4.78 is 0.995. The van der Waals surface area contributed by atoms with Gasteiger partial charge in [0.2, 0.25) is 0 Å². The zero-order chi connectivity index (χ0) is 19.5. The molecule has 0 bridgehead atoms. The summed E-state index contributed by atoms with van der Waals surface area (Å²) in [5, 5.41) is 10.4. The Hall–Kier alpha value is -1.73. The van der Waals surface area contributed by atoms with E-state index in [1.807, 2.05) is 12.1 Å². The largest absolute Gasteiger partial charge is 0.508 e. The van der Waals surface area contributed by atoms with Gasteiger partial charge in [-0.15, -0.1) is 0 Å². The highest BCUT2D eigenvalue weighted by Gasteiger charge is 2.18. The molecule has 0 amide bonds. The lowest BCUT2D eigenvalue weighted by molar-refractivity contribution is 0.246. The van der Waals surface area contributed by atoms with Gasteiger partial charge in [0.05, 0.1) is 0 Å². The number of aryl methyl sites for hydroxylation is 1. The van der Waals surface area contributed by atoms with E-state index < -0.39 is 0 Å². The third-order valence-electron chi connectivity index (χ3n) is 5.33. The molecular weight excluding hydrogens is 404 g/mol. The quantitative estimate of drug-likeness (QED) is 0.431. The van der Waals surface area contributed by atoms with Crippen molar-refractivity contribution in [2.75, 3.05) is 31.1 Å². The van der Waals surface area contributed by atoms with Crippen LogP contribution in [-0.4, -0.2) is 36.2 Å². The number of aromatic hydroxyl groups is 1. The first kappa shape index (κ1) is 19.6. The Morgan fingerprint density at radius 2 is 1.75 bits per heavy atom. The number of hydrogen-bond donors (Lipinski definition) is 1. The average Bonchev–Trinajstić information content (AvgIpc) is 3.04. The molecule has 0 unspecified atom stereocenters. The molecule has 1 aliphatic rings. The first-order chi connectivity index (χ1) is 13.6. The molecule has 0 aliphatic carbocycles. The van der Waals surface area contributed by atoms with Crippen molar-refractivity contribution in [3.8, 4) is 5.75 Å². The standard InChI is InChI=1S/C22H24N2OS3/c1-16-20(22(26)28-27-16)14-17-7-8-21(25)18(13-17)15-23-9-11-24(12-10-23)19-5-3-2-4-6-19/h2-8,13,25H,9-12,14-15H2,1H3. The Kier molecular flexibility index (Phi) is 6.11. The summed E-state index contributed by atoms with van der Waals surface area (Å²) in [4.78, 5) is 6.16. The molecule has 0 radical (unpaired) electrons. The first-order valence-electron chi connectivity index (χ1n) is 9.52. The Morgan fingerprint density at radius 1 is 1.00 bits per heavy atom. The summed E-state index contributed by atoms with van der Waals surface area (Å²) in [5.74, 6) is 0.387. The van der Waals surface area contributed by atoms with Crippen LogP contribution in [0.1, 0.15) is 21.6 Å². The van der Waals surface area contributed by atoms with E-state index in [9.17, 15) is 5.11 Å². The zero-order valence-electron chi connectivity index (χ0n) is 15.9. The predicted molar refractivity (Wildman–Crippen MR) is 123 cm³/mol. The number of anilines is 1. The number of hydrogen-bond acceptors (Lipinski definition) is 6. The Labute approximate surface area is 178 Å². The monoisotopic (exact) mass is 428 g/mol. The summed E-state index contributed by atoms with van der Waals surface area (Å²) in [6.45, 7) is 6.95. The molecule has 3 nitrogen and oxygen atoms in total. The highest BCUT2D eigenvalue weighted by molar-refractivity contribution is 7.79. The van der Waals surface area contributed by atoms with E-state index in [0.29, 0.717) is 5.75 Å². The molecule has 0 atom stereocenters. The molecule has 0 spiro atoms. The molecule has 146 valence electrons. The first-order valence-corrected chi connectivity index (χ1v) is 12.1. The maximum atomic E-state index is 10.4. The fraction of sp³-hybridized carbons (Fsp3) is 0.318. The summed E-state index contributed by atoms with van der Waals surface area (Å²) in [6, 6.07) is 16.6. The van der Waals surface area contributed by atoms with E-state index in [1.54, 1.807) is 20.7 Å². The van der Waals surface area contributed by atoms with Gasteiger partial charge < -0.3 is 10.0 Å². The van der Waals surface area contributed by atoms with Crippen molar-refractivity contribution in [1.29, 1.82) is 0 Å². The molecule has 6 heteroatoms. The second-order valence-corrected chi connectivity index (χ2v) is 10.2. The van der Waals surface area contributed by atoms with Crippen LogP contribution in [0.15, 0.2) is 48.5 Å². The predicted octanol–water partition coefficient (Wildman–Crippen LogP) is 5.47. The normalized spacial score (nSPS) is 15.1. The highest BCUT2D eigenvalue weighted by Crippen LogP contribution is 2.28. The molecule has 1 aromatic heterocycles. The highest BCUT2D eigenvalue weighted by atomic mass is 32.9. The average molecular weight is 429 g/mol. The summed E-state index contributed by atoms with van der Waals surface area (Å²) >= 11 is 5.48. The Bertz CT molecular complexity index is 989. The van der Waals surface area contributed by atoms with Crippen LogP contribution in [0, 0.1) is 10.7 Å². The van der Waals surface area contributed by atoms with Gasteiger partial charge in [0.15, 0.2) is 0 Å². The van der Waals surface area contributed by atoms with E-state index in [-0.39, 0.29) is 0 Å². The minimum atomic E-state index is 0.387. The van der Waals surface area contributed by atoms with Gasteiger partial charge in [-0.1, -0.05) is 63.2 Å². The molecule has 1 aliphatic heterocycles. The lowest BCUT2D eigenvalue weighted by atomic mass is 10.0. The molecule has 3 aromatic rings. The Morgan fingerprint density at radius 3 is 2.43 bits per heavy atom. The number of phenolic OH excluding ortho intramolecular Hbond substituents is 1. The van der Waals surface area contributed by atoms with Crippen molar-refractivity contribution in [2.45, 2.75) is 19.9 Å². The summed E-state index contributed by atoms with van der Waals surface area (Å²) in [5.41, 5.74) is 4.78. The lowest BCUT2D eigenvalue weighted by Gasteiger charge is -2.36. The van der Waals surface area contributed by atoms with Crippen LogP contribution in [0.3, 0.4) is 0 Å². The molecule has 2 heterocycles. The second kappa shape index (κ2) is 8.74. The van der Waals surface area contributed by atoms with Crippen molar-refractivity contribution < 1.29 is 5.11 Å². The van der Waals surface area contributed by atoms with E-state index in [4.69, 9.17) is 12.2 Å². The van der Waals surface area contributed by atoms with Crippen molar-refractivity contribution in [3.63, 3.8) is 0 Å². The van der Waals surface area contributed by atoms with Gasteiger partial charge in [0.25, 0.3) is 0 Å². The maximum Gasteiger partial charge on any atom is 0.120 e. The molecule has 4 rings (SSSR count). The van der Waals surface area contributed by atoms with Gasteiger partial charge in [-0.2, -0.15) is 0 Å². The zero-order valence-corrected chi connectivity index (χ0v) is 18.4. The van der Waals surface area contributed by atoms with E-state index in [1.165, 1.54) is 21.7 Å². The second-order valence-electron chi connectivity index (χ2n) is 7.23. The van der Waals surface area contributed by atoms with E-state index in [2.05, 4.69) is 53.1 Å². The lowest BCUT2D eigenvalue weighted by Crippen LogP contribution is -2.45. The van der Waals surface area contributed by atoms with E-state index >= 15 is 0 Å². The number of para-hydroxylation sites is 1. The van der Waals surface area contributed by atoms with Crippen LogP contribution >= 0.6 is 32.9 Å². The van der Waals surface area contributed by atoms with Crippen molar-refractivity contribution >= 4 is 38.6 Å². The van der Waals surface area contributed by atoms with Crippen molar-refractivity contribution in [1.82, 2.24) is 4.90 Å². The third-order valence-corrected chi connectivity index (χ3v) is 8.62. The van der Waals surface area contributed by atoms with Crippen LogP contribution < -0.4 is 4.90 Å². The minimum absolute atomic E-state index is 0.387. The molecule has 28 heavy (non-hydrogen) atoms. The van der Waals surface area contributed by atoms with Gasteiger partial charge in [0, 0.05) is 55.3 Å². The number of piperazine rings is 1. The van der Waals surface area contributed by atoms with Crippen LogP contribution in [0.5, 0.6) is 5.75 Å². The van der Waals surface area contributed by atoms with Gasteiger partial charge >= 0.3 is 0 Å². The van der Waals surface area contributed by atoms with Gasteiger partial charge in [-0.05, 0) is 36.2 Å². The number of nitrogens with zero attached hydrogens (tertiary/aromatic N) is 2. The number of phenols is 1. The smallest absolute Gasteiger partial charge is 0.120 e. The minimum Gasteiger partial charge on any atom is -0.508 e. The molecule has 1 fully saturated rings. The van der Waals surface area contributed by atoms with Crippen LogP contribution in [0.2, 0.25) is 0 Å². The molecule has 0 saturated carbocycles. The molecule has 2 aromatic carbocycles. The van der Waals surface area contributed by atoms with E-state index in [0.717, 1.165) is 48.5 Å². The Balaban J connectivity index is 1.42. The third kappa shape index (κ3) is 4.46.